The Bertz CT molecular complexity index is 368. The second-order valence-electron chi connectivity index (χ2n) is 4.90. The van der Waals surface area contributed by atoms with Crippen LogP contribution < -0.4 is 10.1 Å². The van der Waals surface area contributed by atoms with Gasteiger partial charge in [0.25, 0.3) is 0 Å². The highest BCUT2D eigenvalue weighted by Crippen LogP contribution is 2.28. The van der Waals surface area contributed by atoms with Gasteiger partial charge in [-0.05, 0) is 31.6 Å². The summed E-state index contributed by atoms with van der Waals surface area (Å²) in [6.45, 7) is 8.57. The molecule has 0 amide bonds. The van der Waals surface area contributed by atoms with Gasteiger partial charge in [0.15, 0.2) is 5.75 Å². The number of hydrogen-bond acceptors (Lipinski definition) is 4. The summed E-state index contributed by atoms with van der Waals surface area (Å²) in [6.07, 6.45) is 5.28. The summed E-state index contributed by atoms with van der Waals surface area (Å²) in [7, 11) is 1.73. The lowest BCUT2D eigenvalue weighted by Gasteiger charge is -2.21. The van der Waals surface area contributed by atoms with Gasteiger partial charge in [0.05, 0.1) is 25.0 Å². The van der Waals surface area contributed by atoms with Crippen LogP contribution in [0, 0.1) is 0 Å². The normalized spacial score (nSPS) is 12.6. The number of rotatable bonds is 11. The summed E-state index contributed by atoms with van der Waals surface area (Å²) in [6, 6.07) is 0.315. The highest BCUT2D eigenvalue weighted by molar-refractivity contribution is 7.99. The highest BCUT2D eigenvalue weighted by Gasteiger charge is 2.21. The van der Waals surface area contributed by atoms with Crippen LogP contribution in [0.4, 0.5) is 0 Å². The van der Waals surface area contributed by atoms with Crippen LogP contribution in [0.5, 0.6) is 5.75 Å². The molecule has 116 valence electrons. The maximum Gasteiger partial charge on any atom is 0.161 e. The Morgan fingerprint density at radius 2 is 2.10 bits per heavy atom. The Labute approximate surface area is 127 Å². The van der Waals surface area contributed by atoms with E-state index in [0.717, 1.165) is 37.4 Å². The van der Waals surface area contributed by atoms with E-state index in [1.54, 1.807) is 7.11 Å². The quantitative estimate of drug-likeness (QED) is 0.635. The number of aryl methyl sites for hydroxylation is 1. The number of thioether (sulfide) groups is 1. The Hall–Kier alpha value is -0.680. The van der Waals surface area contributed by atoms with Gasteiger partial charge in [-0.3, -0.25) is 4.68 Å². The molecule has 1 aromatic heterocycles. The molecule has 0 fully saturated rings. The highest BCUT2D eigenvalue weighted by atomic mass is 32.2. The maximum atomic E-state index is 5.51. The van der Waals surface area contributed by atoms with E-state index in [2.05, 4.69) is 35.9 Å². The van der Waals surface area contributed by atoms with Crippen molar-refractivity contribution in [1.82, 2.24) is 15.1 Å². The van der Waals surface area contributed by atoms with Crippen LogP contribution in [0.25, 0.3) is 0 Å². The minimum absolute atomic E-state index is 0.315. The molecule has 0 aliphatic rings. The Kier molecular flexibility index (Phi) is 8.78. The third-order valence-electron chi connectivity index (χ3n) is 3.10. The van der Waals surface area contributed by atoms with Gasteiger partial charge in [-0.25, -0.2) is 0 Å². The molecule has 0 spiro atoms. The molecule has 1 atom stereocenters. The van der Waals surface area contributed by atoms with Crippen molar-refractivity contribution in [3.8, 4) is 5.75 Å². The molecule has 1 unspecified atom stereocenters. The molecule has 1 heterocycles. The smallest absolute Gasteiger partial charge is 0.161 e. The van der Waals surface area contributed by atoms with Gasteiger partial charge in [0.1, 0.15) is 0 Å². The first-order chi connectivity index (χ1) is 9.78. The van der Waals surface area contributed by atoms with Gasteiger partial charge in [-0.2, -0.15) is 16.9 Å². The van der Waals surface area contributed by atoms with Crippen molar-refractivity contribution >= 4 is 11.8 Å². The number of methoxy groups -OCH3 is 1. The van der Waals surface area contributed by atoms with Crippen molar-refractivity contribution in [1.29, 1.82) is 0 Å². The van der Waals surface area contributed by atoms with Crippen molar-refractivity contribution in [3.63, 3.8) is 0 Å². The fraction of sp³-hybridized carbons (Fsp3) is 0.800. The summed E-state index contributed by atoms with van der Waals surface area (Å²) >= 11 is 2.00. The molecule has 1 aromatic rings. The number of nitrogens with one attached hydrogen (secondary N) is 1. The minimum atomic E-state index is 0.315. The minimum Gasteiger partial charge on any atom is -0.493 e. The van der Waals surface area contributed by atoms with Gasteiger partial charge in [0, 0.05) is 12.3 Å². The van der Waals surface area contributed by atoms with Crippen LogP contribution in [0.1, 0.15) is 51.8 Å². The molecule has 0 bridgehead atoms. The molecule has 1 N–H and O–H groups in total. The maximum absolute atomic E-state index is 5.51. The zero-order valence-electron chi connectivity index (χ0n) is 13.3. The van der Waals surface area contributed by atoms with Crippen LogP contribution in [-0.2, 0) is 6.54 Å². The fourth-order valence-electron chi connectivity index (χ4n) is 2.18. The van der Waals surface area contributed by atoms with Crippen LogP contribution in [-0.4, -0.2) is 34.9 Å². The first-order valence-electron chi connectivity index (χ1n) is 7.69. The molecule has 1 rings (SSSR count). The first-order valence-corrected chi connectivity index (χ1v) is 8.84. The zero-order chi connectivity index (χ0) is 14.8. The molecule has 0 saturated carbocycles. The summed E-state index contributed by atoms with van der Waals surface area (Å²) < 4.78 is 7.60. The number of aromatic nitrogens is 2. The van der Waals surface area contributed by atoms with Crippen LogP contribution in [0.15, 0.2) is 6.20 Å². The molecule has 5 heteroatoms. The largest absolute Gasteiger partial charge is 0.493 e. The Balaban J connectivity index is 2.87. The number of nitrogens with zero attached hydrogens (tertiary/aromatic N) is 2. The third kappa shape index (κ3) is 5.02. The summed E-state index contributed by atoms with van der Waals surface area (Å²) in [4.78, 5) is 0. The van der Waals surface area contributed by atoms with Crippen molar-refractivity contribution in [2.45, 2.75) is 52.6 Å². The van der Waals surface area contributed by atoms with E-state index >= 15 is 0 Å². The topological polar surface area (TPSA) is 39.1 Å². The fourth-order valence-corrected chi connectivity index (χ4v) is 3.14. The molecule has 4 nitrogen and oxygen atoms in total. The lowest BCUT2D eigenvalue weighted by molar-refractivity contribution is 0.395. The van der Waals surface area contributed by atoms with Crippen molar-refractivity contribution < 1.29 is 4.74 Å². The van der Waals surface area contributed by atoms with Crippen molar-refractivity contribution in [2.75, 3.05) is 25.2 Å². The van der Waals surface area contributed by atoms with E-state index in [1.165, 1.54) is 17.9 Å². The lowest BCUT2D eigenvalue weighted by Crippen LogP contribution is -2.27. The van der Waals surface area contributed by atoms with E-state index in [9.17, 15) is 0 Å². The average Bonchev–Trinajstić information content (AvgIpc) is 2.86. The third-order valence-corrected chi connectivity index (χ3v) is 4.37. The predicted molar refractivity (Wildman–Crippen MR) is 87.7 cm³/mol. The van der Waals surface area contributed by atoms with Crippen LogP contribution in [0.2, 0.25) is 0 Å². The molecular formula is C15H29N3OS. The first kappa shape index (κ1) is 17.4. The second kappa shape index (κ2) is 10.1. The molecule has 20 heavy (non-hydrogen) atoms. The summed E-state index contributed by atoms with van der Waals surface area (Å²) in [5.41, 5.74) is 1.20. The zero-order valence-corrected chi connectivity index (χ0v) is 14.1. The second-order valence-corrected chi connectivity index (χ2v) is 6.05. The van der Waals surface area contributed by atoms with E-state index in [1.807, 2.05) is 18.0 Å². The van der Waals surface area contributed by atoms with Crippen LogP contribution >= 0.6 is 11.8 Å². The summed E-state index contributed by atoms with van der Waals surface area (Å²) in [5.74, 6) is 3.18. The standard InChI is InChI=1S/C15H29N3OS/c1-5-8-16-13(12-20-10-7-3)15-14(19-4)11-17-18(15)9-6-2/h11,13,16H,5-10,12H2,1-4H3. The summed E-state index contributed by atoms with van der Waals surface area (Å²) in [5, 5.41) is 8.12. The Morgan fingerprint density at radius 3 is 2.70 bits per heavy atom. The lowest BCUT2D eigenvalue weighted by atomic mass is 10.2. The van der Waals surface area contributed by atoms with Gasteiger partial charge in [0.2, 0.25) is 0 Å². The molecule has 0 aliphatic carbocycles. The van der Waals surface area contributed by atoms with Gasteiger partial charge in [-0.15, -0.1) is 0 Å². The van der Waals surface area contributed by atoms with E-state index < -0.39 is 0 Å². The van der Waals surface area contributed by atoms with Gasteiger partial charge < -0.3 is 10.1 Å². The Morgan fingerprint density at radius 1 is 1.30 bits per heavy atom. The SMILES string of the molecule is CCCNC(CSCCC)c1c(OC)cnn1CCC. The number of ether oxygens (including phenoxy) is 1. The van der Waals surface area contributed by atoms with E-state index in [0.29, 0.717) is 6.04 Å². The van der Waals surface area contributed by atoms with Gasteiger partial charge >= 0.3 is 0 Å². The molecule has 0 radical (unpaired) electrons. The number of hydrogen-bond donors (Lipinski definition) is 1. The molecule has 0 saturated heterocycles. The van der Waals surface area contributed by atoms with Crippen molar-refractivity contribution in [3.05, 3.63) is 11.9 Å². The molecule has 0 aliphatic heterocycles. The van der Waals surface area contributed by atoms with Gasteiger partial charge in [-0.1, -0.05) is 20.8 Å². The van der Waals surface area contributed by atoms with Crippen molar-refractivity contribution in [2.24, 2.45) is 0 Å². The van der Waals surface area contributed by atoms with E-state index in [-0.39, 0.29) is 0 Å². The molecular weight excluding hydrogens is 270 g/mol. The van der Waals surface area contributed by atoms with Crippen LogP contribution in [0.3, 0.4) is 0 Å². The predicted octanol–water partition coefficient (Wildman–Crippen LogP) is 3.49. The molecule has 0 aromatic carbocycles. The monoisotopic (exact) mass is 299 g/mol. The van der Waals surface area contributed by atoms with E-state index in [4.69, 9.17) is 4.74 Å². The average molecular weight is 299 g/mol.